The Hall–Kier alpha value is -0.820. The van der Waals surface area contributed by atoms with Crippen LogP contribution in [0.5, 0.6) is 0 Å². The largest absolute Gasteiger partial charge is 0.374 e. The van der Waals surface area contributed by atoms with Crippen LogP contribution in [0.4, 0.5) is 0 Å². The topological polar surface area (TPSA) is 9.23 Å². The summed E-state index contributed by atoms with van der Waals surface area (Å²) in [6, 6.07) is 4.45. The Bertz CT molecular complexity index is 305. The highest BCUT2D eigenvalue weighted by molar-refractivity contribution is 5.36. The van der Waals surface area contributed by atoms with Gasteiger partial charge >= 0.3 is 0 Å². The Morgan fingerprint density at radius 3 is 2.13 bits per heavy atom. The van der Waals surface area contributed by atoms with Crippen LogP contribution in [0.15, 0.2) is 12.1 Å². The van der Waals surface area contributed by atoms with Crippen LogP contribution in [0.25, 0.3) is 0 Å². The third-order valence-electron chi connectivity index (χ3n) is 2.93. The van der Waals surface area contributed by atoms with E-state index in [4.69, 9.17) is 4.74 Å². The third kappa shape index (κ3) is 3.35. The highest BCUT2D eigenvalue weighted by Gasteiger charge is 2.05. The molecule has 0 heterocycles. The Morgan fingerprint density at radius 1 is 1.13 bits per heavy atom. The Morgan fingerprint density at radius 2 is 1.67 bits per heavy atom. The van der Waals surface area contributed by atoms with Gasteiger partial charge in [-0.3, -0.25) is 0 Å². The second-order valence-electron chi connectivity index (χ2n) is 4.41. The van der Waals surface area contributed by atoms with E-state index < -0.39 is 0 Å². The van der Waals surface area contributed by atoms with E-state index in [0.29, 0.717) is 6.10 Å². The zero-order valence-corrected chi connectivity index (χ0v) is 10.6. The van der Waals surface area contributed by atoms with Gasteiger partial charge in [0.15, 0.2) is 0 Å². The molecule has 0 spiro atoms. The smallest absolute Gasteiger partial charge is 0.0725 e. The molecule has 0 bridgehead atoms. The van der Waals surface area contributed by atoms with Crippen molar-refractivity contribution in [2.24, 2.45) is 0 Å². The fourth-order valence-corrected chi connectivity index (χ4v) is 1.78. The molecule has 1 aromatic carbocycles. The SMILES string of the molecule is CCC(C)OCc1c(C)cc(C)cc1C. The van der Waals surface area contributed by atoms with Gasteiger partial charge in [0.05, 0.1) is 12.7 Å². The molecule has 1 rings (SSSR count). The van der Waals surface area contributed by atoms with E-state index in [1.165, 1.54) is 22.3 Å². The van der Waals surface area contributed by atoms with Gasteiger partial charge in [0, 0.05) is 0 Å². The van der Waals surface area contributed by atoms with Crippen molar-refractivity contribution < 1.29 is 4.74 Å². The van der Waals surface area contributed by atoms with Crippen LogP contribution < -0.4 is 0 Å². The molecule has 1 unspecified atom stereocenters. The van der Waals surface area contributed by atoms with E-state index in [2.05, 4.69) is 46.8 Å². The second kappa shape index (κ2) is 5.32. The lowest BCUT2D eigenvalue weighted by atomic mass is 10.0. The van der Waals surface area contributed by atoms with Gasteiger partial charge in [0.2, 0.25) is 0 Å². The minimum atomic E-state index is 0.352. The molecule has 15 heavy (non-hydrogen) atoms. The van der Waals surface area contributed by atoms with Gasteiger partial charge in [-0.05, 0) is 50.8 Å². The van der Waals surface area contributed by atoms with Crippen molar-refractivity contribution in [1.29, 1.82) is 0 Å². The fourth-order valence-electron chi connectivity index (χ4n) is 1.78. The van der Waals surface area contributed by atoms with Gasteiger partial charge in [-0.15, -0.1) is 0 Å². The van der Waals surface area contributed by atoms with Crippen LogP contribution in [0, 0.1) is 20.8 Å². The molecule has 0 saturated carbocycles. The molecule has 84 valence electrons. The Balaban J connectivity index is 2.77. The Kier molecular flexibility index (Phi) is 4.34. The molecular weight excluding hydrogens is 184 g/mol. The van der Waals surface area contributed by atoms with Crippen molar-refractivity contribution in [3.63, 3.8) is 0 Å². The highest BCUT2D eigenvalue weighted by atomic mass is 16.5. The van der Waals surface area contributed by atoms with Crippen LogP contribution in [-0.2, 0) is 11.3 Å². The molecule has 0 aliphatic rings. The fraction of sp³-hybridized carbons (Fsp3) is 0.571. The van der Waals surface area contributed by atoms with Gasteiger partial charge < -0.3 is 4.74 Å². The summed E-state index contributed by atoms with van der Waals surface area (Å²) in [5.74, 6) is 0. The zero-order valence-electron chi connectivity index (χ0n) is 10.6. The van der Waals surface area contributed by atoms with Crippen LogP contribution in [0.2, 0.25) is 0 Å². The number of hydrogen-bond donors (Lipinski definition) is 0. The number of benzene rings is 1. The summed E-state index contributed by atoms with van der Waals surface area (Å²) in [6.07, 6.45) is 1.43. The molecule has 0 amide bonds. The molecule has 1 heteroatoms. The van der Waals surface area contributed by atoms with E-state index in [-0.39, 0.29) is 0 Å². The van der Waals surface area contributed by atoms with E-state index >= 15 is 0 Å². The van der Waals surface area contributed by atoms with Crippen molar-refractivity contribution in [2.45, 2.75) is 53.8 Å². The minimum Gasteiger partial charge on any atom is -0.374 e. The average Bonchev–Trinajstić information content (AvgIpc) is 2.15. The monoisotopic (exact) mass is 206 g/mol. The number of hydrogen-bond acceptors (Lipinski definition) is 1. The second-order valence-corrected chi connectivity index (χ2v) is 4.41. The van der Waals surface area contributed by atoms with Gasteiger partial charge in [0.25, 0.3) is 0 Å². The standard InChI is InChI=1S/C14H22O/c1-6-13(5)15-9-14-11(3)7-10(2)8-12(14)4/h7-8,13H,6,9H2,1-5H3. The first-order chi connectivity index (χ1) is 7.04. The van der Waals surface area contributed by atoms with Crippen molar-refractivity contribution in [1.82, 2.24) is 0 Å². The summed E-state index contributed by atoms with van der Waals surface area (Å²) in [5.41, 5.74) is 5.37. The van der Waals surface area contributed by atoms with Crippen molar-refractivity contribution >= 4 is 0 Å². The lowest BCUT2D eigenvalue weighted by Gasteiger charge is -2.15. The normalized spacial score (nSPS) is 12.9. The maximum absolute atomic E-state index is 5.78. The molecule has 0 aliphatic carbocycles. The molecule has 0 fully saturated rings. The third-order valence-corrected chi connectivity index (χ3v) is 2.93. The number of ether oxygens (including phenoxy) is 1. The van der Waals surface area contributed by atoms with Crippen molar-refractivity contribution in [3.05, 3.63) is 34.4 Å². The maximum Gasteiger partial charge on any atom is 0.0725 e. The molecule has 0 N–H and O–H groups in total. The van der Waals surface area contributed by atoms with Crippen molar-refractivity contribution in [3.8, 4) is 0 Å². The first-order valence-electron chi connectivity index (χ1n) is 5.73. The number of rotatable bonds is 4. The summed E-state index contributed by atoms with van der Waals surface area (Å²) in [7, 11) is 0. The van der Waals surface area contributed by atoms with Crippen LogP contribution in [0.1, 0.15) is 42.5 Å². The summed E-state index contributed by atoms with van der Waals surface area (Å²) >= 11 is 0. The summed E-state index contributed by atoms with van der Waals surface area (Å²) in [4.78, 5) is 0. The van der Waals surface area contributed by atoms with E-state index in [0.717, 1.165) is 13.0 Å². The van der Waals surface area contributed by atoms with Gasteiger partial charge in [-0.2, -0.15) is 0 Å². The summed E-state index contributed by atoms with van der Waals surface area (Å²) < 4.78 is 5.78. The summed E-state index contributed by atoms with van der Waals surface area (Å²) in [6.45, 7) is 11.5. The molecular formula is C14H22O. The predicted octanol–water partition coefficient (Wildman–Crippen LogP) is 3.93. The number of aryl methyl sites for hydroxylation is 3. The average molecular weight is 206 g/mol. The lowest BCUT2D eigenvalue weighted by Crippen LogP contribution is -2.08. The van der Waals surface area contributed by atoms with Gasteiger partial charge in [-0.25, -0.2) is 0 Å². The van der Waals surface area contributed by atoms with E-state index in [9.17, 15) is 0 Å². The van der Waals surface area contributed by atoms with Crippen molar-refractivity contribution in [2.75, 3.05) is 0 Å². The molecule has 0 aliphatic heterocycles. The first kappa shape index (κ1) is 12.3. The molecule has 0 radical (unpaired) electrons. The van der Waals surface area contributed by atoms with E-state index in [1.807, 2.05) is 0 Å². The van der Waals surface area contributed by atoms with Crippen LogP contribution in [0.3, 0.4) is 0 Å². The summed E-state index contributed by atoms with van der Waals surface area (Å²) in [5, 5.41) is 0. The molecule has 0 saturated heterocycles. The van der Waals surface area contributed by atoms with Gasteiger partial charge in [-0.1, -0.05) is 24.6 Å². The maximum atomic E-state index is 5.78. The highest BCUT2D eigenvalue weighted by Crippen LogP contribution is 2.18. The molecule has 1 atom stereocenters. The molecule has 1 aromatic rings. The van der Waals surface area contributed by atoms with E-state index in [1.54, 1.807) is 0 Å². The quantitative estimate of drug-likeness (QED) is 0.725. The first-order valence-corrected chi connectivity index (χ1v) is 5.73. The molecule has 1 nitrogen and oxygen atoms in total. The predicted molar refractivity (Wildman–Crippen MR) is 65.2 cm³/mol. The van der Waals surface area contributed by atoms with Crippen LogP contribution >= 0.6 is 0 Å². The Labute approximate surface area is 93.5 Å². The molecule has 0 aromatic heterocycles. The minimum absolute atomic E-state index is 0.352. The lowest BCUT2D eigenvalue weighted by molar-refractivity contribution is 0.0503. The van der Waals surface area contributed by atoms with Crippen LogP contribution in [-0.4, -0.2) is 6.10 Å². The zero-order chi connectivity index (χ0) is 11.4. The van der Waals surface area contributed by atoms with Gasteiger partial charge in [0.1, 0.15) is 0 Å².